The zero-order valence-electron chi connectivity index (χ0n) is 20.1. The van der Waals surface area contributed by atoms with Crippen LogP contribution in [0, 0.1) is 0 Å². The van der Waals surface area contributed by atoms with Crippen LogP contribution in [0.2, 0.25) is 0 Å². The van der Waals surface area contributed by atoms with E-state index < -0.39 is 5.97 Å². The van der Waals surface area contributed by atoms with Crippen molar-refractivity contribution in [2.75, 3.05) is 35.5 Å². The number of hydrogen-bond donors (Lipinski definition) is 0. The van der Waals surface area contributed by atoms with Crippen LogP contribution in [-0.4, -0.2) is 47.3 Å². The molecule has 182 valence electrons. The van der Waals surface area contributed by atoms with Crippen LogP contribution in [0.4, 0.5) is 0 Å². The maximum Gasteiger partial charge on any atom is 0.343 e. The van der Waals surface area contributed by atoms with E-state index in [0.29, 0.717) is 39.9 Å². The molecule has 0 aromatic heterocycles. The third-order valence-electron chi connectivity index (χ3n) is 5.11. The number of ether oxygens (including phenoxy) is 6. The van der Waals surface area contributed by atoms with Crippen LogP contribution in [0.25, 0.3) is 6.08 Å². The van der Waals surface area contributed by atoms with E-state index >= 15 is 0 Å². The van der Waals surface area contributed by atoms with Crippen LogP contribution in [0.5, 0.6) is 34.5 Å². The molecule has 0 amide bonds. The van der Waals surface area contributed by atoms with Gasteiger partial charge in [0.05, 0.1) is 46.7 Å². The van der Waals surface area contributed by atoms with Gasteiger partial charge in [-0.2, -0.15) is 0 Å². The second kappa shape index (κ2) is 11.6. The van der Waals surface area contributed by atoms with Crippen molar-refractivity contribution in [1.29, 1.82) is 0 Å². The van der Waals surface area contributed by atoms with Crippen LogP contribution in [-0.2, 0) is 0 Å². The maximum atomic E-state index is 12.7. The molecule has 0 radical (unpaired) electrons. The Morgan fingerprint density at radius 1 is 0.629 bits per heavy atom. The van der Waals surface area contributed by atoms with Crippen LogP contribution in [0.15, 0.2) is 60.7 Å². The molecule has 0 aliphatic heterocycles. The minimum absolute atomic E-state index is 0.229. The lowest BCUT2D eigenvalue weighted by molar-refractivity contribution is 0.0729. The predicted octanol–water partition coefficient (Wildman–Crippen LogP) is 4.84. The zero-order valence-corrected chi connectivity index (χ0v) is 20.1. The Bertz CT molecular complexity index is 1250. The van der Waals surface area contributed by atoms with Gasteiger partial charge >= 0.3 is 5.97 Å². The summed E-state index contributed by atoms with van der Waals surface area (Å²) in [6.45, 7) is 0. The fraction of sp³-hybridized carbons (Fsp3) is 0.185. The summed E-state index contributed by atoms with van der Waals surface area (Å²) >= 11 is 0. The van der Waals surface area contributed by atoms with Gasteiger partial charge in [0.25, 0.3) is 0 Å². The van der Waals surface area contributed by atoms with Crippen LogP contribution in [0.3, 0.4) is 0 Å². The Morgan fingerprint density at radius 3 is 1.94 bits per heavy atom. The van der Waals surface area contributed by atoms with E-state index in [2.05, 4.69) is 0 Å². The van der Waals surface area contributed by atoms with Gasteiger partial charge in [-0.1, -0.05) is 12.1 Å². The minimum atomic E-state index is -0.589. The predicted molar refractivity (Wildman–Crippen MR) is 130 cm³/mol. The van der Waals surface area contributed by atoms with Crippen molar-refractivity contribution < 1.29 is 38.0 Å². The number of esters is 1. The molecule has 0 unspecified atom stereocenters. The molecule has 0 saturated carbocycles. The molecule has 8 nitrogen and oxygen atoms in total. The first kappa shape index (κ1) is 25.2. The first-order chi connectivity index (χ1) is 16.9. The molecule has 3 aromatic carbocycles. The van der Waals surface area contributed by atoms with Crippen molar-refractivity contribution in [1.82, 2.24) is 0 Å². The zero-order chi connectivity index (χ0) is 25.4. The van der Waals surface area contributed by atoms with Crippen molar-refractivity contribution >= 4 is 17.8 Å². The Balaban J connectivity index is 1.78. The summed E-state index contributed by atoms with van der Waals surface area (Å²) in [5.74, 6) is 1.64. The molecule has 0 atom stereocenters. The molecule has 0 N–H and O–H groups in total. The maximum absolute atomic E-state index is 12.7. The van der Waals surface area contributed by atoms with E-state index in [1.807, 2.05) is 0 Å². The molecule has 3 aromatic rings. The molecule has 0 fully saturated rings. The number of rotatable bonds is 10. The molecule has 35 heavy (non-hydrogen) atoms. The van der Waals surface area contributed by atoms with E-state index in [-0.39, 0.29) is 17.1 Å². The highest BCUT2D eigenvalue weighted by molar-refractivity contribution is 6.08. The quantitative estimate of drug-likeness (QED) is 0.177. The van der Waals surface area contributed by atoms with Crippen molar-refractivity contribution in [3.05, 3.63) is 77.4 Å². The summed E-state index contributed by atoms with van der Waals surface area (Å²) in [5.41, 5.74) is 1.36. The number of carbonyl (C=O) groups is 2. The Labute approximate surface area is 203 Å². The van der Waals surface area contributed by atoms with Gasteiger partial charge in [-0.15, -0.1) is 0 Å². The SMILES string of the molecule is COc1ccc(C(=O)C=Cc2ccc(OC(=O)c3ccc(OC)c(OC)c3)c(OC)c2)c(OC)c1. The third kappa shape index (κ3) is 5.92. The molecular formula is C27H26O8. The lowest BCUT2D eigenvalue weighted by Crippen LogP contribution is -2.09. The number of methoxy groups -OCH3 is 5. The van der Waals surface area contributed by atoms with E-state index in [4.69, 9.17) is 28.4 Å². The smallest absolute Gasteiger partial charge is 0.343 e. The first-order valence-electron chi connectivity index (χ1n) is 10.5. The number of hydrogen-bond acceptors (Lipinski definition) is 8. The molecule has 0 aliphatic carbocycles. The fourth-order valence-corrected chi connectivity index (χ4v) is 3.26. The van der Waals surface area contributed by atoms with Gasteiger partial charge in [0.2, 0.25) is 0 Å². The summed E-state index contributed by atoms with van der Waals surface area (Å²) in [6.07, 6.45) is 3.06. The van der Waals surface area contributed by atoms with E-state index in [0.717, 1.165) is 0 Å². The molecular weight excluding hydrogens is 452 g/mol. The van der Waals surface area contributed by atoms with Crippen LogP contribution in [0.1, 0.15) is 26.3 Å². The topological polar surface area (TPSA) is 89.5 Å². The van der Waals surface area contributed by atoms with Crippen molar-refractivity contribution in [2.45, 2.75) is 0 Å². The average molecular weight is 478 g/mol. The highest BCUT2D eigenvalue weighted by atomic mass is 16.6. The number of carbonyl (C=O) groups excluding carboxylic acids is 2. The third-order valence-corrected chi connectivity index (χ3v) is 5.11. The van der Waals surface area contributed by atoms with Crippen molar-refractivity contribution in [3.8, 4) is 34.5 Å². The van der Waals surface area contributed by atoms with E-state index in [9.17, 15) is 9.59 Å². The summed E-state index contributed by atoms with van der Waals surface area (Å²) in [6, 6.07) is 14.7. The van der Waals surface area contributed by atoms with Crippen LogP contribution < -0.4 is 28.4 Å². The second-order valence-electron chi connectivity index (χ2n) is 7.13. The van der Waals surface area contributed by atoms with E-state index in [1.54, 1.807) is 61.7 Å². The number of benzene rings is 3. The van der Waals surface area contributed by atoms with Crippen molar-refractivity contribution in [3.63, 3.8) is 0 Å². The fourth-order valence-electron chi connectivity index (χ4n) is 3.26. The van der Waals surface area contributed by atoms with Gasteiger partial charge in [-0.3, -0.25) is 4.79 Å². The molecule has 0 saturated heterocycles. The van der Waals surface area contributed by atoms with Crippen LogP contribution >= 0.6 is 0 Å². The Hall–Kier alpha value is -4.46. The highest BCUT2D eigenvalue weighted by Gasteiger charge is 2.16. The van der Waals surface area contributed by atoms with Crippen molar-refractivity contribution in [2.24, 2.45) is 0 Å². The van der Waals surface area contributed by atoms with Gasteiger partial charge in [0.1, 0.15) is 11.5 Å². The highest BCUT2D eigenvalue weighted by Crippen LogP contribution is 2.32. The molecule has 0 aliphatic rings. The average Bonchev–Trinajstić information content (AvgIpc) is 2.91. The minimum Gasteiger partial charge on any atom is -0.497 e. The normalized spacial score (nSPS) is 10.5. The summed E-state index contributed by atoms with van der Waals surface area (Å²) in [7, 11) is 7.49. The number of allylic oxidation sites excluding steroid dienone is 1. The lowest BCUT2D eigenvalue weighted by atomic mass is 10.1. The summed E-state index contributed by atoms with van der Waals surface area (Å²) in [5, 5.41) is 0. The van der Waals surface area contributed by atoms with Gasteiger partial charge < -0.3 is 28.4 Å². The van der Waals surface area contributed by atoms with E-state index in [1.165, 1.54) is 40.6 Å². The Kier molecular flexibility index (Phi) is 8.34. The first-order valence-corrected chi connectivity index (χ1v) is 10.5. The molecule has 3 rings (SSSR count). The summed E-state index contributed by atoms with van der Waals surface area (Å²) in [4.78, 5) is 25.4. The molecule has 8 heteroatoms. The molecule has 0 heterocycles. The summed E-state index contributed by atoms with van der Waals surface area (Å²) < 4.78 is 31.8. The van der Waals surface area contributed by atoms with Gasteiger partial charge in [0, 0.05) is 6.07 Å². The molecule has 0 bridgehead atoms. The van der Waals surface area contributed by atoms with Gasteiger partial charge in [-0.25, -0.2) is 4.79 Å². The monoisotopic (exact) mass is 478 g/mol. The largest absolute Gasteiger partial charge is 0.497 e. The standard InChI is InChI=1S/C27H26O8/c1-30-19-9-10-20(24(16-19)32-3)21(28)11-6-17-7-12-23(25(14-17)33-4)35-27(29)18-8-13-22(31-2)26(15-18)34-5/h6-16H,1-5H3. The van der Waals surface area contributed by atoms with Gasteiger partial charge in [0.15, 0.2) is 28.8 Å². The number of ketones is 1. The second-order valence-corrected chi connectivity index (χ2v) is 7.13. The van der Waals surface area contributed by atoms with Gasteiger partial charge in [-0.05, 0) is 54.1 Å². The Morgan fingerprint density at radius 2 is 1.29 bits per heavy atom. The molecule has 0 spiro atoms. The lowest BCUT2D eigenvalue weighted by Gasteiger charge is -2.12.